The zero-order valence-electron chi connectivity index (χ0n) is 11.0. The lowest BCUT2D eigenvalue weighted by atomic mass is 10.0. The second-order valence-corrected chi connectivity index (χ2v) is 5.52. The molecule has 2 aromatic rings. The molecule has 1 atom stereocenters. The van der Waals surface area contributed by atoms with Gasteiger partial charge in [0, 0.05) is 22.4 Å². The monoisotopic (exact) mass is 337 g/mol. The van der Waals surface area contributed by atoms with Gasteiger partial charge < -0.3 is 0 Å². The normalized spacial score (nSPS) is 12.3. The number of aromatic nitrogens is 1. The molecule has 20 heavy (non-hydrogen) atoms. The Bertz CT molecular complexity index is 548. The first-order chi connectivity index (χ1) is 9.69. The van der Waals surface area contributed by atoms with Gasteiger partial charge >= 0.3 is 0 Å². The van der Waals surface area contributed by atoms with E-state index < -0.39 is 0 Å². The van der Waals surface area contributed by atoms with Crippen LogP contribution in [0.4, 0.5) is 4.39 Å². The number of nitrogens with one attached hydrogen (secondary N) is 1. The van der Waals surface area contributed by atoms with E-state index in [1.807, 2.05) is 18.2 Å². The number of benzene rings is 1. The maximum absolute atomic E-state index is 13.3. The Kier molecular flexibility index (Phi) is 5.64. The van der Waals surface area contributed by atoms with Gasteiger partial charge in [-0.2, -0.15) is 0 Å². The van der Waals surface area contributed by atoms with Crippen molar-refractivity contribution >= 4 is 15.9 Å². The number of hydrogen-bond donors (Lipinski definition) is 2. The summed E-state index contributed by atoms with van der Waals surface area (Å²) < 4.78 is 14.2. The van der Waals surface area contributed by atoms with Crippen molar-refractivity contribution in [3.8, 4) is 0 Å². The molecule has 0 aliphatic carbocycles. The van der Waals surface area contributed by atoms with Crippen molar-refractivity contribution in [2.24, 2.45) is 5.84 Å². The Balaban J connectivity index is 1.97. The molecule has 0 amide bonds. The summed E-state index contributed by atoms with van der Waals surface area (Å²) in [7, 11) is 0. The molecule has 0 aliphatic heterocycles. The maximum Gasteiger partial charge on any atom is 0.123 e. The zero-order chi connectivity index (χ0) is 14.4. The molecule has 2 rings (SSSR count). The van der Waals surface area contributed by atoms with Gasteiger partial charge in [0.05, 0.1) is 0 Å². The minimum absolute atomic E-state index is 0.0788. The summed E-state index contributed by atoms with van der Waals surface area (Å²) in [6.45, 7) is 0. The van der Waals surface area contributed by atoms with E-state index in [1.54, 1.807) is 12.3 Å². The van der Waals surface area contributed by atoms with Crippen molar-refractivity contribution in [1.29, 1.82) is 0 Å². The van der Waals surface area contributed by atoms with Crippen LogP contribution in [0.2, 0.25) is 0 Å². The maximum atomic E-state index is 13.3. The first-order valence-electron chi connectivity index (χ1n) is 6.49. The smallest absolute Gasteiger partial charge is 0.123 e. The lowest BCUT2D eigenvalue weighted by Crippen LogP contribution is -2.37. The van der Waals surface area contributed by atoms with E-state index in [2.05, 4.69) is 26.3 Å². The van der Waals surface area contributed by atoms with Gasteiger partial charge in [0.25, 0.3) is 0 Å². The van der Waals surface area contributed by atoms with Gasteiger partial charge in [-0.15, -0.1) is 0 Å². The summed E-state index contributed by atoms with van der Waals surface area (Å²) in [5.41, 5.74) is 4.74. The quantitative estimate of drug-likeness (QED) is 0.629. The molecule has 106 valence electrons. The molecule has 0 aliphatic rings. The van der Waals surface area contributed by atoms with Crippen LogP contribution in [0.5, 0.6) is 0 Å². The van der Waals surface area contributed by atoms with Crippen LogP contribution in [0.25, 0.3) is 0 Å². The third-order valence-electron chi connectivity index (χ3n) is 3.18. The van der Waals surface area contributed by atoms with Gasteiger partial charge in [0.2, 0.25) is 0 Å². The van der Waals surface area contributed by atoms with E-state index in [0.29, 0.717) is 6.42 Å². The van der Waals surface area contributed by atoms with Crippen LogP contribution in [-0.2, 0) is 12.8 Å². The van der Waals surface area contributed by atoms with Crippen molar-refractivity contribution in [3.63, 3.8) is 0 Å². The second kappa shape index (κ2) is 7.47. The summed E-state index contributed by atoms with van der Waals surface area (Å²) in [5, 5.41) is 0. The predicted molar refractivity (Wildman–Crippen MR) is 81.5 cm³/mol. The van der Waals surface area contributed by atoms with Crippen molar-refractivity contribution in [1.82, 2.24) is 10.4 Å². The second-order valence-electron chi connectivity index (χ2n) is 4.66. The summed E-state index contributed by atoms with van der Waals surface area (Å²) >= 11 is 3.44. The average Bonchev–Trinajstić information content (AvgIpc) is 2.48. The first-order valence-corrected chi connectivity index (χ1v) is 7.28. The summed E-state index contributed by atoms with van der Waals surface area (Å²) in [4.78, 5) is 4.29. The number of nitrogens with two attached hydrogens (primary N) is 1. The van der Waals surface area contributed by atoms with E-state index in [4.69, 9.17) is 5.84 Å². The molecule has 0 saturated carbocycles. The number of hydrazine groups is 1. The number of aryl methyl sites for hydroxylation is 1. The summed E-state index contributed by atoms with van der Waals surface area (Å²) in [6, 6.07) is 10.6. The minimum atomic E-state index is -0.233. The van der Waals surface area contributed by atoms with Crippen LogP contribution < -0.4 is 11.3 Å². The van der Waals surface area contributed by atoms with Gasteiger partial charge in [-0.25, -0.2) is 4.39 Å². The van der Waals surface area contributed by atoms with E-state index >= 15 is 0 Å². The third kappa shape index (κ3) is 4.37. The average molecular weight is 338 g/mol. The zero-order valence-corrected chi connectivity index (χ0v) is 12.6. The van der Waals surface area contributed by atoms with Crippen molar-refractivity contribution in [2.45, 2.75) is 25.3 Å². The number of pyridine rings is 1. The molecule has 0 fully saturated rings. The largest absolute Gasteiger partial charge is 0.271 e. The molecule has 0 radical (unpaired) electrons. The molecule has 3 nitrogen and oxygen atoms in total. The summed E-state index contributed by atoms with van der Waals surface area (Å²) in [6.07, 6.45) is 4.13. The predicted octanol–water partition coefficient (Wildman–Crippen LogP) is 2.99. The van der Waals surface area contributed by atoms with Gasteiger partial charge in [-0.3, -0.25) is 16.3 Å². The van der Waals surface area contributed by atoms with Crippen LogP contribution in [0.15, 0.2) is 47.1 Å². The Hall–Kier alpha value is -1.30. The molecule has 1 aromatic heterocycles. The highest BCUT2D eigenvalue weighted by atomic mass is 79.9. The Morgan fingerprint density at radius 3 is 2.85 bits per heavy atom. The van der Waals surface area contributed by atoms with Crippen molar-refractivity contribution in [2.75, 3.05) is 0 Å². The number of rotatable bonds is 6. The van der Waals surface area contributed by atoms with Gasteiger partial charge in [0.1, 0.15) is 5.82 Å². The topological polar surface area (TPSA) is 50.9 Å². The van der Waals surface area contributed by atoms with Crippen LogP contribution in [-0.4, -0.2) is 11.0 Å². The highest BCUT2D eigenvalue weighted by Crippen LogP contribution is 2.20. The first kappa shape index (κ1) is 15.1. The Morgan fingerprint density at radius 1 is 1.30 bits per heavy atom. The van der Waals surface area contributed by atoms with E-state index in [0.717, 1.165) is 28.6 Å². The van der Waals surface area contributed by atoms with Gasteiger partial charge in [-0.05, 0) is 55.2 Å². The highest BCUT2D eigenvalue weighted by molar-refractivity contribution is 9.10. The molecule has 1 unspecified atom stereocenters. The molecule has 0 bridgehead atoms. The highest BCUT2D eigenvalue weighted by Gasteiger charge is 2.11. The fourth-order valence-electron chi connectivity index (χ4n) is 2.08. The minimum Gasteiger partial charge on any atom is -0.271 e. The fourth-order valence-corrected chi connectivity index (χ4v) is 2.49. The molecule has 0 saturated heterocycles. The number of hydrogen-bond acceptors (Lipinski definition) is 3. The Labute approximate surface area is 126 Å². The molecular formula is C15H17BrFN3. The van der Waals surface area contributed by atoms with Crippen LogP contribution in [0.3, 0.4) is 0 Å². The van der Waals surface area contributed by atoms with E-state index in [-0.39, 0.29) is 11.9 Å². The van der Waals surface area contributed by atoms with Crippen LogP contribution in [0, 0.1) is 5.82 Å². The molecule has 0 spiro atoms. The molecule has 5 heteroatoms. The van der Waals surface area contributed by atoms with Crippen LogP contribution in [0.1, 0.15) is 17.7 Å². The van der Waals surface area contributed by atoms with Gasteiger partial charge in [0.15, 0.2) is 0 Å². The SMILES string of the molecule is NNC(CCc1ccccn1)Cc1cc(F)ccc1Br. The number of nitrogens with zero attached hydrogens (tertiary/aromatic N) is 1. The third-order valence-corrected chi connectivity index (χ3v) is 3.96. The molecule has 1 aromatic carbocycles. The van der Waals surface area contributed by atoms with Gasteiger partial charge in [-0.1, -0.05) is 22.0 Å². The Morgan fingerprint density at radius 2 is 2.15 bits per heavy atom. The lowest BCUT2D eigenvalue weighted by molar-refractivity contribution is 0.487. The van der Waals surface area contributed by atoms with E-state index in [1.165, 1.54) is 12.1 Å². The van der Waals surface area contributed by atoms with Crippen molar-refractivity contribution < 1.29 is 4.39 Å². The number of halogens is 2. The molecule has 1 heterocycles. The fraction of sp³-hybridized carbons (Fsp3) is 0.267. The standard InChI is InChI=1S/C15H17BrFN3/c16-15-7-4-12(17)9-11(15)10-14(20-18)6-5-13-3-1-2-8-19-13/h1-4,7-9,14,20H,5-6,10,18H2. The molecule has 3 N–H and O–H groups in total. The van der Waals surface area contributed by atoms with Crippen LogP contribution >= 0.6 is 15.9 Å². The molecular weight excluding hydrogens is 321 g/mol. The lowest BCUT2D eigenvalue weighted by Gasteiger charge is -2.16. The summed E-state index contributed by atoms with van der Waals surface area (Å²) in [5.74, 6) is 5.36. The van der Waals surface area contributed by atoms with Crippen molar-refractivity contribution in [3.05, 3.63) is 64.1 Å². The van der Waals surface area contributed by atoms with E-state index in [9.17, 15) is 4.39 Å².